The highest BCUT2D eigenvalue weighted by molar-refractivity contribution is 5.77. The second kappa shape index (κ2) is 4.56. The zero-order valence-corrected chi connectivity index (χ0v) is 11.5. The zero-order chi connectivity index (χ0) is 13.3. The van der Waals surface area contributed by atoms with Crippen molar-refractivity contribution < 1.29 is 4.79 Å². The minimum atomic E-state index is -0.00588. The molecule has 96 valence electrons. The van der Waals surface area contributed by atoms with Crippen LogP contribution in [0.1, 0.15) is 51.3 Å². The van der Waals surface area contributed by atoms with Gasteiger partial charge in [-0.3, -0.25) is 4.79 Å². The summed E-state index contributed by atoms with van der Waals surface area (Å²) in [7, 11) is 0. The lowest BCUT2D eigenvalue weighted by Crippen LogP contribution is -2.24. The summed E-state index contributed by atoms with van der Waals surface area (Å²) < 4.78 is 0. The predicted octanol–water partition coefficient (Wildman–Crippen LogP) is 3.26. The number of hydrazone groups is 1. The molecule has 1 heterocycles. The van der Waals surface area contributed by atoms with Crippen LogP contribution >= 0.6 is 0 Å². The summed E-state index contributed by atoms with van der Waals surface area (Å²) in [5.74, 6) is -0.00588. The van der Waals surface area contributed by atoms with Gasteiger partial charge in [-0.15, -0.1) is 0 Å². The first-order valence-electron chi connectivity index (χ1n) is 6.32. The van der Waals surface area contributed by atoms with Crippen molar-refractivity contribution in [2.24, 2.45) is 5.10 Å². The van der Waals surface area contributed by atoms with Crippen molar-refractivity contribution in [2.45, 2.75) is 45.6 Å². The first kappa shape index (κ1) is 12.8. The van der Waals surface area contributed by atoms with Gasteiger partial charge in [-0.2, -0.15) is 5.10 Å². The average Bonchev–Trinajstić information content (AvgIpc) is 2.77. The van der Waals surface area contributed by atoms with E-state index in [2.05, 4.69) is 50.1 Å². The van der Waals surface area contributed by atoms with Crippen LogP contribution in [0.2, 0.25) is 0 Å². The van der Waals surface area contributed by atoms with Gasteiger partial charge in [-0.25, -0.2) is 5.01 Å². The van der Waals surface area contributed by atoms with Crippen LogP contribution in [0, 0.1) is 0 Å². The van der Waals surface area contributed by atoms with Crippen LogP contribution in [-0.4, -0.2) is 17.1 Å². The van der Waals surface area contributed by atoms with Crippen LogP contribution in [0.15, 0.2) is 29.4 Å². The van der Waals surface area contributed by atoms with E-state index in [1.807, 2.05) is 6.21 Å². The van der Waals surface area contributed by atoms with E-state index in [1.54, 1.807) is 11.9 Å². The summed E-state index contributed by atoms with van der Waals surface area (Å²) >= 11 is 0. The molecule has 1 aliphatic heterocycles. The monoisotopic (exact) mass is 244 g/mol. The van der Waals surface area contributed by atoms with Crippen LogP contribution in [0.5, 0.6) is 0 Å². The summed E-state index contributed by atoms with van der Waals surface area (Å²) in [5.41, 5.74) is 2.61. The molecule has 1 amide bonds. The van der Waals surface area contributed by atoms with Crippen LogP contribution in [0.4, 0.5) is 0 Å². The van der Waals surface area contributed by atoms with Gasteiger partial charge in [-0.05, 0) is 16.5 Å². The van der Waals surface area contributed by atoms with E-state index in [0.717, 1.165) is 12.0 Å². The molecule has 0 aliphatic carbocycles. The highest BCUT2D eigenvalue weighted by Crippen LogP contribution is 2.30. The number of amides is 1. The maximum atomic E-state index is 11.5. The molecule has 3 nitrogen and oxygen atoms in total. The first-order chi connectivity index (χ1) is 8.39. The number of carbonyl (C=O) groups excluding carboxylic acids is 1. The third-order valence-electron chi connectivity index (χ3n) is 3.31. The Morgan fingerprint density at radius 3 is 2.39 bits per heavy atom. The largest absolute Gasteiger partial charge is 0.273 e. The Bertz CT molecular complexity index is 468. The van der Waals surface area contributed by atoms with Gasteiger partial charge >= 0.3 is 0 Å². The van der Waals surface area contributed by atoms with E-state index in [0.29, 0.717) is 0 Å². The molecule has 2 rings (SSSR count). The Morgan fingerprint density at radius 1 is 1.28 bits per heavy atom. The van der Waals surface area contributed by atoms with Crippen LogP contribution in [0.25, 0.3) is 0 Å². The lowest BCUT2D eigenvalue weighted by molar-refractivity contribution is -0.130. The topological polar surface area (TPSA) is 32.7 Å². The summed E-state index contributed by atoms with van der Waals surface area (Å²) in [4.78, 5) is 11.5. The SMILES string of the molecule is CC(=O)N1N=CCC1c1ccc(C(C)(C)C)cc1. The molecule has 0 saturated heterocycles. The summed E-state index contributed by atoms with van der Waals surface area (Å²) in [6.07, 6.45) is 2.61. The van der Waals surface area contributed by atoms with Crippen LogP contribution in [0.3, 0.4) is 0 Å². The summed E-state index contributed by atoms with van der Waals surface area (Å²) in [5, 5.41) is 5.68. The minimum absolute atomic E-state index is 0.00588. The number of hydrogen-bond donors (Lipinski definition) is 0. The standard InChI is InChI=1S/C15H20N2O/c1-11(18)17-14(9-10-16-17)12-5-7-13(8-6-12)15(2,3)4/h5-8,10,14H,9H2,1-4H3. The van der Waals surface area contributed by atoms with Crippen molar-refractivity contribution in [1.82, 2.24) is 5.01 Å². The lowest BCUT2D eigenvalue weighted by Gasteiger charge is -2.23. The van der Waals surface area contributed by atoms with Crippen LogP contribution in [-0.2, 0) is 10.2 Å². The summed E-state index contributed by atoms with van der Waals surface area (Å²) in [6, 6.07) is 8.57. The van der Waals surface area contributed by atoms with Gasteiger partial charge in [0.2, 0.25) is 5.91 Å². The second-order valence-electron chi connectivity index (χ2n) is 5.79. The van der Waals surface area contributed by atoms with Crippen molar-refractivity contribution in [3.05, 3.63) is 35.4 Å². The van der Waals surface area contributed by atoms with Gasteiger partial charge < -0.3 is 0 Å². The third kappa shape index (κ3) is 2.45. The van der Waals surface area contributed by atoms with Crippen molar-refractivity contribution in [2.75, 3.05) is 0 Å². The second-order valence-corrected chi connectivity index (χ2v) is 5.79. The maximum absolute atomic E-state index is 11.5. The number of carbonyl (C=O) groups is 1. The maximum Gasteiger partial charge on any atom is 0.240 e. The number of benzene rings is 1. The molecule has 3 heteroatoms. The van der Waals surface area contributed by atoms with Gasteiger partial charge in [0.15, 0.2) is 0 Å². The molecule has 0 fully saturated rings. The zero-order valence-electron chi connectivity index (χ0n) is 11.5. The molecular formula is C15H20N2O. The molecule has 1 aromatic rings. The quantitative estimate of drug-likeness (QED) is 0.746. The Balaban J connectivity index is 2.23. The fraction of sp³-hybridized carbons (Fsp3) is 0.467. The van der Waals surface area contributed by atoms with Gasteiger partial charge in [0.25, 0.3) is 0 Å². The molecule has 1 unspecified atom stereocenters. The van der Waals surface area contributed by atoms with E-state index in [9.17, 15) is 4.79 Å². The fourth-order valence-corrected chi connectivity index (χ4v) is 2.20. The molecule has 1 aliphatic rings. The van der Waals surface area contributed by atoms with E-state index in [-0.39, 0.29) is 17.4 Å². The van der Waals surface area contributed by atoms with Gasteiger partial charge in [0.1, 0.15) is 0 Å². The smallest absolute Gasteiger partial charge is 0.240 e. The van der Waals surface area contributed by atoms with E-state index in [4.69, 9.17) is 0 Å². The Labute approximate surface area is 108 Å². The Hall–Kier alpha value is -1.64. The summed E-state index contributed by atoms with van der Waals surface area (Å²) in [6.45, 7) is 8.15. The van der Waals surface area contributed by atoms with Crippen molar-refractivity contribution in [3.8, 4) is 0 Å². The highest BCUT2D eigenvalue weighted by atomic mass is 16.2. The molecule has 0 N–H and O–H groups in total. The van der Waals surface area contributed by atoms with Crippen molar-refractivity contribution in [1.29, 1.82) is 0 Å². The van der Waals surface area contributed by atoms with Gasteiger partial charge in [0, 0.05) is 19.6 Å². The lowest BCUT2D eigenvalue weighted by atomic mass is 9.86. The number of nitrogens with zero attached hydrogens (tertiary/aromatic N) is 2. The fourth-order valence-electron chi connectivity index (χ4n) is 2.20. The molecular weight excluding hydrogens is 224 g/mol. The van der Waals surface area contributed by atoms with Crippen molar-refractivity contribution >= 4 is 12.1 Å². The molecule has 0 aromatic heterocycles. The predicted molar refractivity (Wildman–Crippen MR) is 73.5 cm³/mol. The molecule has 1 atom stereocenters. The normalized spacial score (nSPS) is 19.3. The number of rotatable bonds is 1. The molecule has 0 spiro atoms. The Kier molecular flexibility index (Phi) is 3.24. The number of hydrogen-bond acceptors (Lipinski definition) is 2. The molecule has 0 radical (unpaired) electrons. The van der Waals surface area contributed by atoms with Crippen LogP contribution < -0.4 is 0 Å². The van der Waals surface area contributed by atoms with E-state index < -0.39 is 0 Å². The van der Waals surface area contributed by atoms with Gasteiger partial charge in [0.05, 0.1) is 6.04 Å². The van der Waals surface area contributed by atoms with E-state index in [1.165, 1.54) is 5.56 Å². The third-order valence-corrected chi connectivity index (χ3v) is 3.31. The van der Waals surface area contributed by atoms with Gasteiger partial charge in [-0.1, -0.05) is 45.0 Å². The highest BCUT2D eigenvalue weighted by Gasteiger charge is 2.26. The minimum Gasteiger partial charge on any atom is -0.273 e. The molecule has 1 aromatic carbocycles. The first-order valence-corrected chi connectivity index (χ1v) is 6.32. The molecule has 0 saturated carbocycles. The average molecular weight is 244 g/mol. The van der Waals surface area contributed by atoms with Crippen molar-refractivity contribution in [3.63, 3.8) is 0 Å². The molecule has 0 bridgehead atoms. The Morgan fingerprint density at radius 2 is 1.89 bits per heavy atom. The van der Waals surface area contributed by atoms with E-state index >= 15 is 0 Å². The molecule has 18 heavy (non-hydrogen) atoms.